The van der Waals surface area contributed by atoms with E-state index in [4.69, 9.17) is 9.84 Å². The summed E-state index contributed by atoms with van der Waals surface area (Å²) in [6, 6.07) is 17.6. The van der Waals surface area contributed by atoms with Crippen molar-refractivity contribution in [2.75, 3.05) is 13.6 Å². The summed E-state index contributed by atoms with van der Waals surface area (Å²) in [7, 11) is 1.59. The Morgan fingerprint density at radius 2 is 1.56 bits per heavy atom. The lowest BCUT2D eigenvalue weighted by molar-refractivity contribution is -0.141. The van der Waals surface area contributed by atoms with Crippen LogP contribution in [0.2, 0.25) is 0 Å². The Labute approximate surface area is 159 Å². The third-order valence-electron chi connectivity index (χ3n) is 4.16. The molecule has 0 saturated carbocycles. The molecule has 2 aromatic rings. The fraction of sp³-hybridized carbons (Fsp3) is 0.333. The molecule has 6 nitrogen and oxygen atoms in total. The Balaban J connectivity index is 1.73. The number of carbonyl (C=O) groups is 2. The van der Waals surface area contributed by atoms with E-state index in [1.807, 2.05) is 54.6 Å². The molecule has 2 N–H and O–H groups in total. The van der Waals surface area contributed by atoms with E-state index in [0.717, 1.165) is 16.7 Å². The molecular weight excluding hydrogens is 344 g/mol. The zero-order valence-electron chi connectivity index (χ0n) is 15.7. The standard InChI is InChI=1S/C21H26N2O4/c1-16(20(24)25)13-23(2)21(26)22-12-17-8-10-19(11-9-17)15-27-14-18-6-4-3-5-7-18/h3-11,16H,12-15H2,1-2H3,(H,22,26)(H,24,25). The highest BCUT2D eigenvalue weighted by molar-refractivity contribution is 5.75. The highest BCUT2D eigenvalue weighted by Crippen LogP contribution is 2.08. The molecule has 0 saturated heterocycles. The SMILES string of the molecule is CC(CN(C)C(=O)NCc1ccc(COCc2ccccc2)cc1)C(=O)O. The number of hydrogen-bond acceptors (Lipinski definition) is 3. The second-order valence-electron chi connectivity index (χ2n) is 6.57. The van der Waals surface area contributed by atoms with Gasteiger partial charge in [0.25, 0.3) is 0 Å². The van der Waals surface area contributed by atoms with Gasteiger partial charge in [-0.25, -0.2) is 4.79 Å². The first-order valence-electron chi connectivity index (χ1n) is 8.87. The largest absolute Gasteiger partial charge is 0.481 e. The number of amides is 2. The topological polar surface area (TPSA) is 78.9 Å². The van der Waals surface area contributed by atoms with Crippen LogP contribution in [-0.2, 0) is 29.3 Å². The van der Waals surface area contributed by atoms with Gasteiger partial charge in [-0.3, -0.25) is 4.79 Å². The van der Waals surface area contributed by atoms with E-state index in [-0.39, 0.29) is 12.6 Å². The second-order valence-corrected chi connectivity index (χ2v) is 6.57. The number of carbonyl (C=O) groups excluding carboxylic acids is 1. The van der Waals surface area contributed by atoms with Crippen LogP contribution in [0, 0.1) is 5.92 Å². The fourth-order valence-corrected chi connectivity index (χ4v) is 2.50. The molecule has 0 spiro atoms. The molecule has 2 aromatic carbocycles. The van der Waals surface area contributed by atoms with Crippen molar-refractivity contribution in [2.45, 2.75) is 26.7 Å². The second kappa shape index (κ2) is 10.3. The first-order chi connectivity index (χ1) is 13.0. The van der Waals surface area contributed by atoms with E-state index < -0.39 is 11.9 Å². The lowest BCUT2D eigenvalue weighted by Gasteiger charge is -2.20. The van der Waals surface area contributed by atoms with Gasteiger partial charge in [0.15, 0.2) is 0 Å². The number of aliphatic carboxylic acids is 1. The monoisotopic (exact) mass is 370 g/mol. The molecule has 0 aliphatic heterocycles. The molecule has 2 rings (SSSR count). The van der Waals surface area contributed by atoms with E-state index in [0.29, 0.717) is 19.8 Å². The zero-order chi connectivity index (χ0) is 19.6. The van der Waals surface area contributed by atoms with E-state index in [1.165, 1.54) is 4.90 Å². The van der Waals surface area contributed by atoms with Gasteiger partial charge in [0, 0.05) is 20.1 Å². The molecular formula is C21H26N2O4. The van der Waals surface area contributed by atoms with E-state index in [2.05, 4.69) is 5.32 Å². The number of carboxylic acids is 1. The minimum Gasteiger partial charge on any atom is -0.481 e. The van der Waals surface area contributed by atoms with Crippen molar-refractivity contribution >= 4 is 12.0 Å². The number of carboxylic acid groups (broad SMARTS) is 1. The Bertz CT molecular complexity index is 732. The number of rotatable bonds is 9. The molecule has 0 fully saturated rings. The summed E-state index contributed by atoms with van der Waals surface area (Å²) in [6.07, 6.45) is 0. The zero-order valence-corrected chi connectivity index (χ0v) is 15.7. The minimum absolute atomic E-state index is 0.166. The molecule has 1 unspecified atom stereocenters. The molecule has 0 aliphatic rings. The summed E-state index contributed by atoms with van der Waals surface area (Å²) in [5.74, 6) is -1.52. The van der Waals surface area contributed by atoms with Gasteiger partial charge in [-0.15, -0.1) is 0 Å². The van der Waals surface area contributed by atoms with Crippen LogP contribution in [0.3, 0.4) is 0 Å². The van der Waals surface area contributed by atoms with Gasteiger partial charge in [-0.2, -0.15) is 0 Å². The summed E-state index contributed by atoms with van der Waals surface area (Å²) >= 11 is 0. The van der Waals surface area contributed by atoms with Gasteiger partial charge >= 0.3 is 12.0 Å². The molecule has 0 radical (unpaired) electrons. The van der Waals surface area contributed by atoms with Crippen molar-refractivity contribution in [3.05, 3.63) is 71.3 Å². The maximum atomic E-state index is 12.0. The highest BCUT2D eigenvalue weighted by Gasteiger charge is 2.16. The average molecular weight is 370 g/mol. The van der Waals surface area contributed by atoms with Gasteiger partial charge < -0.3 is 20.1 Å². The van der Waals surface area contributed by atoms with E-state index in [9.17, 15) is 9.59 Å². The Morgan fingerprint density at radius 1 is 1.00 bits per heavy atom. The molecule has 0 heterocycles. The molecule has 0 aliphatic carbocycles. The van der Waals surface area contributed by atoms with Crippen molar-refractivity contribution in [3.8, 4) is 0 Å². The summed E-state index contributed by atoms with van der Waals surface area (Å²) in [5.41, 5.74) is 3.17. The van der Waals surface area contributed by atoms with Crippen LogP contribution in [0.4, 0.5) is 4.79 Å². The third-order valence-corrected chi connectivity index (χ3v) is 4.16. The molecule has 144 valence electrons. The van der Waals surface area contributed by atoms with Crippen LogP contribution in [0.15, 0.2) is 54.6 Å². The maximum absolute atomic E-state index is 12.0. The summed E-state index contributed by atoms with van der Waals surface area (Å²) in [4.78, 5) is 24.3. The molecule has 6 heteroatoms. The van der Waals surface area contributed by atoms with Crippen LogP contribution in [0.25, 0.3) is 0 Å². The lowest BCUT2D eigenvalue weighted by atomic mass is 10.1. The number of nitrogens with zero attached hydrogens (tertiary/aromatic N) is 1. The average Bonchev–Trinajstić information content (AvgIpc) is 2.67. The molecule has 27 heavy (non-hydrogen) atoms. The van der Waals surface area contributed by atoms with E-state index in [1.54, 1.807) is 14.0 Å². The van der Waals surface area contributed by atoms with Crippen LogP contribution in [0.5, 0.6) is 0 Å². The summed E-state index contributed by atoms with van der Waals surface area (Å²) < 4.78 is 5.71. The van der Waals surface area contributed by atoms with Gasteiger partial charge in [0.1, 0.15) is 0 Å². The number of benzene rings is 2. The third kappa shape index (κ3) is 7.11. The van der Waals surface area contributed by atoms with Crippen molar-refractivity contribution in [3.63, 3.8) is 0 Å². The molecule has 1 atom stereocenters. The Hall–Kier alpha value is -2.86. The van der Waals surface area contributed by atoms with Crippen molar-refractivity contribution in [1.82, 2.24) is 10.2 Å². The summed E-state index contributed by atoms with van der Waals surface area (Å²) in [5, 5.41) is 11.7. The predicted molar refractivity (Wildman–Crippen MR) is 103 cm³/mol. The Kier molecular flexibility index (Phi) is 7.82. The van der Waals surface area contributed by atoms with Crippen molar-refractivity contribution in [2.24, 2.45) is 5.92 Å². The van der Waals surface area contributed by atoms with Crippen LogP contribution < -0.4 is 5.32 Å². The van der Waals surface area contributed by atoms with Gasteiger partial charge in [-0.05, 0) is 16.7 Å². The Morgan fingerprint density at radius 3 is 2.15 bits per heavy atom. The van der Waals surface area contributed by atoms with E-state index >= 15 is 0 Å². The van der Waals surface area contributed by atoms with Gasteiger partial charge in [-0.1, -0.05) is 61.5 Å². The number of hydrogen-bond donors (Lipinski definition) is 2. The van der Waals surface area contributed by atoms with Gasteiger partial charge in [0.2, 0.25) is 0 Å². The lowest BCUT2D eigenvalue weighted by Crippen LogP contribution is -2.40. The highest BCUT2D eigenvalue weighted by atomic mass is 16.5. The van der Waals surface area contributed by atoms with Crippen LogP contribution in [0.1, 0.15) is 23.6 Å². The quantitative estimate of drug-likeness (QED) is 0.710. The number of urea groups is 1. The number of nitrogens with one attached hydrogen (secondary N) is 1. The van der Waals surface area contributed by atoms with Crippen LogP contribution in [-0.4, -0.2) is 35.6 Å². The number of ether oxygens (including phenoxy) is 1. The fourth-order valence-electron chi connectivity index (χ4n) is 2.50. The maximum Gasteiger partial charge on any atom is 0.317 e. The summed E-state index contributed by atoms with van der Waals surface area (Å²) in [6.45, 7) is 3.22. The predicted octanol–water partition coefficient (Wildman–Crippen LogP) is 3.27. The molecule has 2 amide bonds. The normalized spacial score (nSPS) is 11.6. The van der Waals surface area contributed by atoms with Crippen molar-refractivity contribution < 1.29 is 19.4 Å². The first kappa shape index (κ1) is 20.5. The van der Waals surface area contributed by atoms with Gasteiger partial charge in [0.05, 0.1) is 19.1 Å². The first-order valence-corrected chi connectivity index (χ1v) is 8.87. The van der Waals surface area contributed by atoms with Crippen molar-refractivity contribution in [1.29, 1.82) is 0 Å². The smallest absolute Gasteiger partial charge is 0.317 e. The van der Waals surface area contributed by atoms with Crippen LogP contribution >= 0.6 is 0 Å². The molecule has 0 bridgehead atoms. The molecule has 0 aromatic heterocycles. The minimum atomic E-state index is -0.917.